The Morgan fingerprint density at radius 1 is 1.29 bits per heavy atom. The maximum atomic E-state index is 12.8. The highest BCUT2D eigenvalue weighted by molar-refractivity contribution is 5.58. The van der Waals surface area contributed by atoms with Crippen LogP contribution in [0.3, 0.4) is 0 Å². The third-order valence-corrected chi connectivity index (χ3v) is 2.62. The van der Waals surface area contributed by atoms with E-state index in [-0.39, 0.29) is 5.82 Å². The summed E-state index contributed by atoms with van der Waals surface area (Å²) in [5, 5.41) is 3.10. The fraction of sp³-hybridized carbons (Fsp3) is 0.308. The lowest BCUT2D eigenvalue weighted by Gasteiger charge is -1.98. The number of halogens is 1. The Labute approximate surface area is 100 Å². The molecular formula is C13H16FN3. The normalized spacial score (nSPS) is 10.7. The van der Waals surface area contributed by atoms with E-state index in [1.807, 2.05) is 7.05 Å². The van der Waals surface area contributed by atoms with Crippen LogP contribution in [0.15, 0.2) is 30.5 Å². The number of rotatable bonds is 5. The number of aromatic amines is 1. The number of nitrogens with zero attached hydrogens (tertiary/aromatic N) is 1. The van der Waals surface area contributed by atoms with Crippen LogP contribution >= 0.6 is 0 Å². The zero-order valence-corrected chi connectivity index (χ0v) is 9.83. The summed E-state index contributed by atoms with van der Waals surface area (Å²) in [5.74, 6) is 0.752. The van der Waals surface area contributed by atoms with E-state index in [9.17, 15) is 4.39 Å². The Morgan fingerprint density at radius 2 is 2.06 bits per heavy atom. The largest absolute Gasteiger partial charge is 0.342 e. The van der Waals surface area contributed by atoms with Crippen LogP contribution in [0.5, 0.6) is 0 Å². The van der Waals surface area contributed by atoms with Crippen LogP contribution < -0.4 is 5.32 Å². The number of imidazole rings is 1. The van der Waals surface area contributed by atoms with Crippen molar-refractivity contribution in [2.45, 2.75) is 12.8 Å². The third-order valence-electron chi connectivity index (χ3n) is 2.62. The van der Waals surface area contributed by atoms with Crippen molar-refractivity contribution >= 4 is 0 Å². The maximum Gasteiger partial charge on any atom is 0.123 e. The predicted octanol–water partition coefficient (Wildman–Crippen LogP) is 2.37. The van der Waals surface area contributed by atoms with Gasteiger partial charge in [0.15, 0.2) is 0 Å². The van der Waals surface area contributed by atoms with Gasteiger partial charge in [-0.3, -0.25) is 0 Å². The summed E-state index contributed by atoms with van der Waals surface area (Å²) in [7, 11) is 1.94. The van der Waals surface area contributed by atoms with Crippen LogP contribution in [0.2, 0.25) is 0 Å². The zero-order valence-electron chi connectivity index (χ0n) is 9.83. The van der Waals surface area contributed by atoms with Gasteiger partial charge in [-0.05, 0) is 49.8 Å². The van der Waals surface area contributed by atoms with Gasteiger partial charge >= 0.3 is 0 Å². The lowest BCUT2D eigenvalue weighted by Crippen LogP contribution is -2.08. The molecule has 90 valence electrons. The molecule has 0 aliphatic carbocycles. The summed E-state index contributed by atoms with van der Waals surface area (Å²) in [4.78, 5) is 7.56. The fourth-order valence-electron chi connectivity index (χ4n) is 1.70. The van der Waals surface area contributed by atoms with Crippen molar-refractivity contribution in [3.8, 4) is 11.3 Å². The first-order valence-corrected chi connectivity index (χ1v) is 5.74. The van der Waals surface area contributed by atoms with Gasteiger partial charge in [-0.15, -0.1) is 0 Å². The quantitative estimate of drug-likeness (QED) is 0.778. The zero-order chi connectivity index (χ0) is 12.1. The van der Waals surface area contributed by atoms with Crippen molar-refractivity contribution in [1.82, 2.24) is 15.3 Å². The van der Waals surface area contributed by atoms with Gasteiger partial charge < -0.3 is 10.3 Å². The molecular weight excluding hydrogens is 217 g/mol. The predicted molar refractivity (Wildman–Crippen MR) is 66.2 cm³/mol. The summed E-state index contributed by atoms with van der Waals surface area (Å²) in [6.07, 6.45) is 3.76. The van der Waals surface area contributed by atoms with Gasteiger partial charge in [0, 0.05) is 6.42 Å². The first-order chi connectivity index (χ1) is 8.29. The summed E-state index contributed by atoms with van der Waals surface area (Å²) in [5.41, 5.74) is 1.89. The lowest BCUT2D eigenvalue weighted by atomic mass is 10.2. The lowest BCUT2D eigenvalue weighted by molar-refractivity contribution is 0.628. The Kier molecular flexibility index (Phi) is 3.88. The first-order valence-electron chi connectivity index (χ1n) is 5.74. The number of nitrogens with one attached hydrogen (secondary N) is 2. The molecule has 2 N–H and O–H groups in total. The monoisotopic (exact) mass is 233 g/mol. The second-order valence-corrected chi connectivity index (χ2v) is 3.96. The molecule has 0 saturated heterocycles. The molecule has 2 aromatic rings. The van der Waals surface area contributed by atoms with E-state index < -0.39 is 0 Å². The van der Waals surface area contributed by atoms with Gasteiger partial charge in [0.2, 0.25) is 0 Å². The Morgan fingerprint density at radius 3 is 2.76 bits per heavy atom. The van der Waals surface area contributed by atoms with Crippen molar-refractivity contribution in [3.63, 3.8) is 0 Å². The SMILES string of the molecule is CNCCCc1ncc(-c2ccc(F)cc2)[nH]1. The number of hydrogen-bond acceptors (Lipinski definition) is 2. The van der Waals surface area contributed by atoms with Gasteiger partial charge in [0.1, 0.15) is 11.6 Å². The number of H-pyrrole nitrogens is 1. The minimum absolute atomic E-state index is 0.220. The van der Waals surface area contributed by atoms with E-state index in [2.05, 4.69) is 15.3 Å². The molecule has 1 aromatic carbocycles. The number of aryl methyl sites for hydroxylation is 1. The minimum atomic E-state index is -0.220. The molecule has 3 nitrogen and oxygen atoms in total. The van der Waals surface area contributed by atoms with Crippen LogP contribution in [-0.2, 0) is 6.42 Å². The van der Waals surface area contributed by atoms with Crippen molar-refractivity contribution in [2.75, 3.05) is 13.6 Å². The molecule has 4 heteroatoms. The van der Waals surface area contributed by atoms with Gasteiger partial charge in [-0.2, -0.15) is 0 Å². The standard InChI is InChI=1S/C13H16FN3/c1-15-8-2-3-13-16-9-12(17-13)10-4-6-11(14)7-5-10/h4-7,9,15H,2-3,8H2,1H3,(H,16,17). The van der Waals surface area contributed by atoms with Crippen molar-refractivity contribution < 1.29 is 4.39 Å². The van der Waals surface area contributed by atoms with Gasteiger partial charge in [-0.25, -0.2) is 9.37 Å². The highest BCUT2D eigenvalue weighted by atomic mass is 19.1. The van der Waals surface area contributed by atoms with Crippen LogP contribution in [0.25, 0.3) is 11.3 Å². The van der Waals surface area contributed by atoms with E-state index in [1.165, 1.54) is 12.1 Å². The molecule has 17 heavy (non-hydrogen) atoms. The van der Waals surface area contributed by atoms with Gasteiger partial charge in [0.05, 0.1) is 11.9 Å². The number of hydrogen-bond donors (Lipinski definition) is 2. The average molecular weight is 233 g/mol. The van der Waals surface area contributed by atoms with Crippen molar-refractivity contribution in [2.24, 2.45) is 0 Å². The minimum Gasteiger partial charge on any atom is -0.342 e. The Balaban J connectivity index is 2.04. The number of aromatic nitrogens is 2. The second kappa shape index (κ2) is 5.59. The highest BCUT2D eigenvalue weighted by Crippen LogP contribution is 2.17. The molecule has 1 heterocycles. The molecule has 0 atom stereocenters. The molecule has 0 radical (unpaired) electrons. The van der Waals surface area contributed by atoms with Crippen LogP contribution in [0.4, 0.5) is 4.39 Å². The summed E-state index contributed by atoms with van der Waals surface area (Å²) < 4.78 is 12.8. The molecule has 0 amide bonds. The molecule has 0 aliphatic heterocycles. The molecule has 2 rings (SSSR count). The van der Waals surface area contributed by atoms with E-state index in [1.54, 1.807) is 18.3 Å². The van der Waals surface area contributed by atoms with Crippen LogP contribution in [0, 0.1) is 5.82 Å². The van der Waals surface area contributed by atoms with Crippen molar-refractivity contribution in [1.29, 1.82) is 0 Å². The summed E-state index contributed by atoms with van der Waals surface area (Å²) >= 11 is 0. The first kappa shape index (κ1) is 11.8. The molecule has 0 aliphatic rings. The number of benzene rings is 1. The maximum absolute atomic E-state index is 12.8. The molecule has 0 unspecified atom stereocenters. The molecule has 0 spiro atoms. The van der Waals surface area contributed by atoms with E-state index >= 15 is 0 Å². The molecule has 0 fully saturated rings. The smallest absolute Gasteiger partial charge is 0.123 e. The van der Waals surface area contributed by atoms with Crippen molar-refractivity contribution in [3.05, 3.63) is 42.1 Å². The average Bonchev–Trinajstić information content (AvgIpc) is 2.79. The van der Waals surface area contributed by atoms with E-state index in [0.29, 0.717) is 0 Å². The van der Waals surface area contributed by atoms with Gasteiger partial charge in [-0.1, -0.05) is 0 Å². The van der Waals surface area contributed by atoms with Crippen LogP contribution in [0.1, 0.15) is 12.2 Å². The van der Waals surface area contributed by atoms with E-state index in [0.717, 1.165) is 36.5 Å². The molecule has 1 aromatic heterocycles. The highest BCUT2D eigenvalue weighted by Gasteiger charge is 2.03. The summed E-state index contributed by atoms with van der Waals surface area (Å²) in [6, 6.07) is 6.41. The van der Waals surface area contributed by atoms with Gasteiger partial charge in [0.25, 0.3) is 0 Å². The third kappa shape index (κ3) is 3.14. The van der Waals surface area contributed by atoms with E-state index in [4.69, 9.17) is 0 Å². The summed E-state index contributed by atoms with van der Waals surface area (Å²) in [6.45, 7) is 0.979. The second-order valence-electron chi connectivity index (χ2n) is 3.96. The molecule has 0 bridgehead atoms. The topological polar surface area (TPSA) is 40.7 Å². The fourth-order valence-corrected chi connectivity index (χ4v) is 1.70. The van der Waals surface area contributed by atoms with Crippen LogP contribution in [-0.4, -0.2) is 23.6 Å². The molecule has 0 saturated carbocycles. The Bertz CT molecular complexity index is 462. The Hall–Kier alpha value is -1.68.